The fraction of sp³-hybridized carbons (Fsp3) is 0.250. The van der Waals surface area contributed by atoms with Crippen LogP contribution in [0.25, 0.3) is 10.9 Å². The van der Waals surface area contributed by atoms with Crippen LogP contribution >= 0.6 is 48.4 Å². The summed E-state index contributed by atoms with van der Waals surface area (Å²) in [7, 11) is 0. The summed E-state index contributed by atoms with van der Waals surface area (Å²) in [5, 5.41) is 2.07. The minimum Gasteiger partial charge on any atom is -0.290 e. The molecule has 0 amide bonds. The predicted octanol–water partition coefficient (Wildman–Crippen LogP) is 6.89. The van der Waals surface area contributed by atoms with Crippen LogP contribution < -0.4 is 0 Å². The summed E-state index contributed by atoms with van der Waals surface area (Å²) in [4.78, 5) is 1.26. The molecule has 0 N–H and O–H groups in total. The highest BCUT2D eigenvalue weighted by atomic mass is 32.2. The molecule has 0 aliphatic rings. The SMILES string of the molecule is CC(C)(C)SC(=S)n1c(S)cc2cc(SCc3ccccc3)ccc21. The summed E-state index contributed by atoms with van der Waals surface area (Å²) in [6.45, 7) is 6.52. The van der Waals surface area contributed by atoms with E-state index in [2.05, 4.69) is 92.6 Å². The van der Waals surface area contributed by atoms with E-state index in [4.69, 9.17) is 12.2 Å². The summed E-state index contributed by atoms with van der Waals surface area (Å²) in [5.41, 5.74) is 2.46. The van der Waals surface area contributed by atoms with Crippen LogP contribution in [0.3, 0.4) is 0 Å². The van der Waals surface area contributed by atoms with Gasteiger partial charge in [-0.15, -0.1) is 24.4 Å². The summed E-state index contributed by atoms with van der Waals surface area (Å²) in [6, 6.07) is 19.2. The van der Waals surface area contributed by atoms with Crippen molar-refractivity contribution in [2.45, 2.75) is 41.2 Å². The van der Waals surface area contributed by atoms with Gasteiger partial charge in [-0.2, -0.15) is 0 Å². The molecule has 130 valence electrons. The van der Waals surface area contributed by atoms with Crippen molar-refractivity contribution in [1.29, 1.82) is 0 Å². The molecular formula is C20H21NS4. The lowest BCUT2D eigenvalue weighted by atomic mass is 10.2. The second-order valence-corrected chi connectivity index (χ2v) is 10.8. The highest BCUT2D eigenvalue weighted by Crippen LogP contribution is 2.33. The number of hydrogen-bond donors (Lipinski definition) is 1. The third-order valence-corrected chi connectivity index (χ3v) is 6.37. The van der Waals surface area contributed by atoms with Gasteiger partial charge in [0.1, 0.15) is 4.32 Å². The molecule has 0 spiro atoms. The van der Waals surface area contributed by atoms with Crippen LogP contribution in [0.4, 0.5) is 0 Å². The van der Waals surface area contributed by atoms with E-state index in [1.165, 1.54) is 15.8 Å². The van der Waals surface area contributed by atoms with Crippen molar-refractivity contribution in [1.82, 2.24) is 4.57 Å². The Kier molecular flexibility index (Phi) is 5.88. The van der Waals surface area contributed by atoms with Gasteiger partial charge in [0.15, 0.2) is 0 Å². The molecule has 25 heavy (non-hydrogen) atoms. The zero-order valence-electron chi connectivity index (χ0n) is 14.5. The Labute approximate surface area is 169 Å². The molecule has 0 bridgehead atoms. The molecule has 3 rings (SSSR count). The highest BCUT2D eigenvalue weighted by molar-refractivity contribution is 8.23. The molecule has 0 fully saturated rings. The number of nitrogens with zero attached hydrogens (tertiary/aromatic N) is 1. The molecule has 1 nitrogen and oxygen atoms in total. The highest BCUT2D eigenvalue weighted by Gasteiger charge is 2.18. The number of hydrogen-bond acceptors (Lipinski definition) is 4. The standard InChI is InChI=1S/C20H21NS4/c1-20(2,3)25-19(23)21-17-10-9-16(11-15(17)12-18(21)22)24-13-14-7-5-4-6-8-14/h4-12,22H,13H2,1-3H3. The number of aromatic nitrogens is 1. The Balaban J connectivity index is 1.83. The van der Waals surface area contributed by atoms with Crippen molar-refractivity contribution >= 4 is 63.6 Å². The molecule has 0 aliphatic heterocycles. The number of benzene rings is 2. The van der Waals surface area contributed by atoms with Crippen LogP contribution in [-0.4, -0.2) is 13.6 Å². The molecule has 0 atom stereocenters. The number of fused-ring (bicyclic) bond motifs is 1. The first-order chi connectivity index (χ1) is 11.8. The maximum absolute atomic E-state index is 5.66. The van der Waals surface area contributed by atoms with E-state index in [-0.39, 0.29) is 4.75 Å². The summed E-state index contributed by atoms with van der Waals surface area (Å²) in [6.07, 6.45) is 0. The smallest absolute Gasteiger partial charge is 0.146 e. The second kappa shape index (κ2) is 7.78. The van der Waals surface area contributed by atoms with Crippen molar-refractivity contribution in [2.75, 3.05) is 0 Å². The van der Waals surface area contributed by atoms with Gasteiger partial charge in [-0.25, -0.2) is 0 Å². The molecule has 0 saturated heterocycles. The van der Waals surface area contributed by atoms with Crippen LogP contribution in [-0.2, 0) is 5.75 Å². The van der Waals surface area contributed by atoms with Crippen molar-refractivity contribution in [3.05, 3.63) is 60.2 Å². The molecule has 2 aromatic carbocycles. The normalized spacial score (nSPS) is 11.8. The average molecular weight is 404 g/mol. The molecule has 0 unspecified atom stereocenters. The molecule has 5 heteroatoms. The van der Waals surface area contributed by atoms with Gasteiger partial charge >= 0.3 is 0 Å². The summed E-state index contributed by atoms with van der Waals surface area (Å²) >= 11 is 13.8. The zero-order valence-corrected chi connectivity index (χ0v) is 17.9. The van der Waals surface area contributed by atoms with E-state index in [1.54, 1.807) is 11.8 Å². The number of thiocarbonyl (C=S) groups is 1. The van der Waals surface area contributed by atoms with Gasteiger partial charge in [0.05, 0.1) is 10.5 Å². The molecule has 3 aromatic rings. The molecule has 0 aliphatic carbocycles. The van der Waals surface area contributed by atoms with Crippen molar-refractivity contribution in [3.8, 4) is 0 Å². The van der Waals surface area contributed by atoms with E-state index in [1.807, 2.05) is 11.8 Å². The molecule has 1 heterocycles. The largest absolute Gasteiger partial charge is 0.290 e. The van der Waals surface area contributed by atoms with Crippen LogP contribution in [0.2, 0.25) is 0 Å². The first-order valence-corrected chi connectivity index (χ1v) is 10.7. The maximum atomic E-state index is 5.66. The Morgan fingerprint density at radius 2 is 1.80 bits per heavy atom. The van der Waals surface area contributed by atoms with E-state index in [0.29, 0.717) is 0 Å². The minimum absolute atomic E-state index is 0.0827. The second-order valence-electron chi connectivity index (χ2n) is 6.81. The number of thioether (sulfide) groups is 2. The van der Waals surface area contributed by atoms with Gasteiger partial charge in [0.25, 0.3) is 0 Å². The first-order valence-electron chi connectivity index (χ1n) is 8.08. The molecule has 1 aromatic heterocycles. The van der Waals surface area contributed by atoms with Crippen LogP contribution in [0, 0.1) is 0 Å². The fourth-order valence-electron chi connectivity index (χ4n) is 2.51. The summed E-state index contributed by atoms with van der Waals surface area (Å²) < 4.78 is 2.99. The van der Waals surface area contributed by atoms with Crippen molar-refractivity contribution in [3.63, 3.8) is 0 Å². The molecule has 0 radical (unpaired) electrons. The average Bonchev–Trinajstić information content (AvgIpc) is 2.87. The lowest BCUT2D eigenvalue weighted by molar-refractivity contribution is 0.808. The maximum Gasteiger partial charge on any atom is 0.146 e. The lowest BCUT2D eigenvalue weighted by Crippen LogP contribution is -2.16. The van der Waals surface area contributed by atoms with E-state index < -0.39 is 0 Å². The Hall–Kier alpha value is -0.880. The van der Waals surface area contributed by atoms with Crippen molar-refractivity contribution < 1.29 is 0 Å². The monoisotopic (exact) mass is 403 g/mol. The van der Waals surface area contributed by atoms with Gasteiger partial charge in [0.2, 0.25) is 0 Å². The summed E-state index contributed by atoms with van der Waals surface area (Å²) in [5.74, 6) is 0.971. The van der Waals surface area contributed by atoms with Gasteiger partial charge in [-0.05, 0) is 29.8 Å². The van der Waals surface area contributed by atoms with Gasteiger partial charge in [-0.1, -0.05) is 75.1 Å². The fourth-order valence-corrected chi connectivity index (χ4v) is 5.65. The van der Waals surface area contributed by atoms with Gasteiger partial charge in [0, 0.05) is 20.8 Å². The Bertz CT molecular complexity index is 891. The van der Waals surface area contributed by atoms with Gasteiger partial charge < -0.3 is 0 Å². The third-order valence-electron chi connectivity index (χ3n) is 3.58. The lowest BCUT2D eigenvalue weighted by Gasteiger charge is -2.19. The van der Waals surface area contributed by atoms with E-state index >= 15 is 0 Å². The van der Waals surface area contributed by atoms with Crippen LogP contribution in [0.5, 0.6) is 0 Å². The number of rotatable bonds is 3. The van der Waals surface area contributed by atoms with Gasteiger partial charge in [-0.3, -0.25) is 4.57 Å². The quantitative estimate of drug-likeness (QED) is 0.289. The molecule has 0 saturated carbocycles. The topological polar surface area (TPSA) is 4.93 Å². The predicted molar refractivity (Wildman–Crippen MR) is 121 cm³/mol. The number of thiol groups is 1. The van der Waals surface area contributed by atoms with Crippen LogP contribution in [0.15, 0.2) is 64.5 Å². The van der Waals surface area contributed by atoms with E-state index in [9.17, 15) is 0 Å². The Morgan fingerprint density at radius 3 is 2.48 bits per heavy atom. The third kappa shape index (κ3) is 4.85. The van der Waals surface area contributed by atoms with E-state index in [0.717, 1.165) is 20.6 Å². The van der Waals surface area contributed by atoms with Crippen molar-refractivity contribution in [2.24, 2.45) is 0 Å². The minimum atomic E-state index is 0.0827. The van der Waals surface area contributed by atoms with Crippen LogP contribution in [0.1, 0.15) is 26.3 Å². The molecular weight excluding hydrogens is 382 g/mol. The zero-order chi connectivity index (χ0) is 18.0. The first kappa shape index (κ1) is 18.9. The Morgan fingerprint density at radius 1 is 1.08 bits per heavy atom.